The maximum atomic E-state index is 13.1. The van der Waals surface area contributed by atoms with Gasteiger partial charge in [-0.05, 0) is 72.0 Å². The molecule has 12 heteroatoms. The third-order valence-electron chi connectivity index (χ3n) is 7.50. The van der Waals surface area contributed by atoms with Gasteiger partial charge in [-0.3, -0.25) is 0 Å². The van der Waals surface area contributed by atoms with Crippen LogP contribution in [0.15, 0.2) is 53.4 Å². The van der Waals surface area contributed by atoms with E-state index in [0.29, 0.717) is 4.88 Å². The summed E-state index contributed by atoms with van der Waals surface area (Å²) >= 11 is 1.36. The zero-order chi connectivity index (χ0) is 31.3. The summed E-state index contributed by atoms with van der Waals surface area (Å²) in [6.07, 6.45) is -5.33. The molecule has 1 aromatic heterocycles. The number of aldehydes is 1. The number of sulfonamides is 1. The van der Waals surface area contributed by atoms with Crippen molar-refractivity contribution in [1.82, 2.24) is 4.72 Å². The van der Waals surface area contributed by atoms with Crippen LogP contribution >= 0.6 is 11.3 Å². The van der Waals surface area contributed by atoms with Gasteiger partial charge in [0.15, 0.2) is 11.2 Å². The van der Waals surface area contributed by atoms with Crippen LogP contribution in [-0.4, -0.2) is 80.2 Å². The monoisotopic (exact) mass is 627 g/mol. The molecule has 1 aliphatic rings. The zero-order valence-electron chi connectivity index (χ0n) is 24.3. The van der Waals surface area contributed by atoms with Gasteiger partial charge in [0.25, 0.3) is 10.0 Å². The second-order valence-electron chi connectivity index (χ2n) is 10.6. The summed E-state index contributed by atoms with van der Waals surface area (Å²) in [4.78, 5) is 14.5. The number of ether oxygens (including phenoxy) is 1. The third-order valence-corrected chi connectivity index (χ3v) is 10.2. The smallest absolute Gasteiger partial charge is 0.251 e. The first-order valence-corrected chi connectivity index (χ1v) is 16.5. The van der Waals surface area contributed by atoms with Crippen molar-refractivity contribution >= 4 is 49.7 Å². The average Bonchev–Trinajstić information content (AvgIpc) is 3.50. The van der Waals surface area contributed by atoms with E-state index in [0.717, 1.165) is 47.1 Å². The van der Waals surface area contributed by atoms with Gasteiger partial charge in [-0.25, -0.2) is 13.1 Å². The first-order valence-electron chi connectivity index (χ1n) is 14.2. The lowest BCUT2D eigenvalue weighted by molar-refractivity contribution is -0.212. The van der Waals surface area contributed by atoms with Gasteiger partial charge in [0.2, 0.25) is 0 Å². The lowest BCUT2D eigenvalue weighted by Crippen LogP contribution is -2.60. The molecule has 0 spiro atoms. The van der Waals surface area contributed by atoms with Crippen molar-refractivity contribution in [3.63, 3.8) is 0 Å². The molecular weight excluding hydrogens is 590 g/mol. The quantitative estimate of drug-likeness (QED) is 0.174. The third kappa shape index (κ3) is 7.16. The lowest BCUT2D eigenvalue weighted by atomic mass is 9.95. The number of hydrogen-bond acceptors (Lipinski definition) is 10. The number of rotatable bonds is 12. The van der Waals surface area contributed by atoms with Crippen molar-refractivity contribution in [2.75, 3.05) is 24.5 Å². The Morgan fingerprint density at radius 2 is 1.70 bits per heavy atom. The van der Waals surface area contributed by atoms with E-state index >= 15 is 0 Å². The van der Waals surface area contributed by atoms with E-state index in [9.17, 15) is 33.8 Å². The van der Waals surface area contributed by atoms with Crippen LogP contribution in [0.3, 0.4) is 0 Å². The van der Waals surface area contributed by atoms with Gasteiger partial charge in [-0.1, -0.05) is 32.0 Å². The highest BCUT2D eigenvalue weighted by molar-refractivity contribution is 7.93. The molecule has 1 aliphatic heterocycles. The minimum Gasteiger partial charge on any atom is -0.388 e. The Kier molecular flexibility index (Phi) is 10.7. The summed E-state index contributed by atoms with van der Waals surface area (Å²) in [5, 5.41) is 42.0. The van der Waals surface area contributed by atoms with Crippen LogP contribution in [0.5, 0.6) is 0 Å². The van der Waals surface area contributed by atoms with E-state index in [-0.39, 0.29) is 11.9 Å². The van der Waals surface area contributed by atoms with E-state index in [4.69, 9.17) is 4.74 Å². The standard InChI is InChI=1S/C31H37N3O7S2/c1-4-12-34(13-5-2)23-9-8-20-14-22(7-6-21(20)15-23)27-11-10-26(42-27)19(3)28(16-32)43(39,40)33-17-24-29(36)31(38)30(37)25(18-35)41-24/h6-11,14-15,18,24-25,29-31,33,36-38H,4-5,12-13,17H2,1-3H3/b28-19+/t24-,25?,29-,30+,31+/m1/s1. The number of allylic oxidation sites excluding steroid dienone is 2. The first-order chi connectivity index (χ1) is 20.5. The number of nitriles is 1. The molecule has 0 aliphatic carbocycles. The Bertz CT molecular complexity index is 1620. The molecular formula is C31H37N3O7S2. The van der Waals surface area contributed by atoms with Gasteiger partial charge in [0, 0.05) is 35.1 Å². The van der Waals surface area contributed by atoms with E-state index in [1.54, 1.807) is 19.1 Å². The van der Waals surface area contributed by atoms with Crippen molar-refractivity contribution in [3.8, 4) is 16.5 Å². The minimum atomic E-state index is -4.35. The normalized spacial score (nSPS) is 23.0. The van der Waals surface area contributed by atoms with E-state index in [2.05, 4.69) is 53.8 Å². The van der Waals surface area contributed by atoms with Crippen molar-refractivity contribution in [3.05, 3.63) is 58.3 Å². The Morgan fingerprint density at radius 1 is 1.02 bits per heavy atom. The van der Waals surface area contributed by atoms with Crippen LogP contribution in [0.25, 0.3) is 26.8 Å². The van der Waals surface area contributed by atoms with Crippen molar-refractivity contribution in [2.24, 2.45) is 0 Å². The summed E-state index contributed by atoms with van der Waals surface area (Å²) < 4.78 is 33.7. The summed E-state index contributed by atoms with van der Waals surface area (Å²) in [6, 6.07) is 18.1. The van der Waals surface area contributed by atoms with E-state index < -0.39 is 52.0 Å². The predicted molar refractivity (Wildman–Crippen MR) is 168 cm³/mol. The summed E-state index contributed by atoms with van der Waals surface area (Å²) in [5.74, 6) is 0. The highest BCUT2D eigenvalue weighted by Gasteiger charge is 2.44. The number of carbonyl (C=O) groups is 1. The molecule has 0 saturated carbocycles. The highest BCUT2D eigenvalue weighted by atomic mass is 32.2. The fourth-order valence-corrected chi connectivity index (χ4v) is 7.40. The predicted octanol–water partition coefficient (Wildman–Crippen LogP) is 3.42. The number of nitrogens with zero attached hydrogens (tertiary/aromatic N) is 2. The number of thiophene rings is 1. The lowest BCUT2D eigenvalue weighted by Gasteiger charge is -2.38. The Balaban J connectivity index is 1.54. The number of hydrogen-bond donors (Lipinski definition) is 4. The molecule has 1 saturated heterocycles. The Labute approximate surface area is 255 Å². The number of benzene rings is 2. The van der Waals surface area contributed by atoms with Crippen molar-refractivity contribution in [2.45, 2.75) is 64.1 Å². The molecule has 2 aromatic carbocycles. The first kappa shape index (κ1) is 32.8. The molecule has 4 rings (SSSR count). The molecule has 5 atom stereocenters. The number of anilines is 1. The second-order valence-corrected chi connectivity index (χ2v) is 13.3. The average molecular weight is 628 g/mol. The molecule has 2 heterocycles. The summed E-state index contributed by atoms with van der Waals surface area (Å²) in [6.45, 7) is 7.37. The molecule has 0 radical (unpaired) electrons. The van der Waals surface area contributed by atoms with Gasteiger partial charge in [-0.2, -0.15) is 5.26 Å². The zero-order valence-corrected chi connectivity index (χ0v) is 25.9. The van der Waals surface area contributed by atoms with Gasteiger partial charge < -0.3 is 29.8 Å². The molecule has 4 N–H and O–H groups in total. The second kappa shape index (κ2) is 14.1. The fraction of sp³-hybridized carbons (Fsp3) is 0.419. The Morgan fingerprint density at radius 3 is 2.35 bits per heavy atom. The summed E-state index contributed by atoms with van der Waals surface area (Å²) in [5.41, 5.74) is 2.41. The van der Waals surface area contributed by atoms with Crippen LogP contribution in [-0.2, 0) is 19.6 Å². The van der Waals surface area contributed by atoms with Crippen LogP contribution < -0.4 is 9.62 Å². The number of nitrogens with one attached hydrogen (secondary N) is 1. The van der Waals surface area contributed by atoms with Crippen molar-refractivity contribution < 1.29 is 33.3 Å². The number of aliphatic hydroxyl groups excluding tert-OH is 3. The number of fused-ring (bicyclic) bond motifs is 1. The van der Waals surface area contributed by atoms with E-state index in [1.165, 1.54) is 17.0 Å². The van der Waals surface area contributed by atoms with E-state index in [1.807, 2.05) is 12.1 Å². The maximum Gasteiger partial charge on any atom is 0.251 e. The fourth-order valence-electron chi connectivity index (χ4n) is 5.17. The maximum absolute atomic E-state index is 13.1. The van der Waals surface area contributed by atoms with Gasteiger partial charge >= 0.3 is 0 Å². The minimum absolute atomic E-state index is 0.245. The molecule has 230 valence electrons. The molecule has 10 nitrogen and oxygen atoms in total. The summed E-state index contributed by atoms with van der Waals surface area (Å²) in [7, 11) is -4.35. The molecule has 43 heavy (non-hydrogen) atoms. The van der Waals surface area contributed by atoms with Gasteiger partial charge in [-0.15, -0.1) is 11.3 Å². The van der Waals surface area contributed by atoms with Crippen LogP contribution in [0.2, 0.25) is 0 Å². The van der Waals surface area contributed by atoms with Gasteiger partial charge in [0.1, 0.15) is 36.6 Å². The van der Waals surface area contributed by atoms with Crippen LogP contribution in [0, 0.1) is 11.3 Å². The highest BCUT2D eigenvalue weighted by Crippen LogP contribution is 2.36. The number of aliphatic hydroxyl groups is 3. The molecule has 1 fully saturated rings. The van der Waals surface area contributed by atoms with Gasteiger partial charge in [0.05, 0.1) is 0 Å². The molecule has 3 aromatic rings. The van der Waals surface area contributed by atoms with Crippen LogP contribution in [0.4, 0.5) is 5.69 Å². The SMILES string of the molecule is CCCN(CCC)c1ccc2cc(-c3ccc(/C(C)=C(\C#N)S(=O)(=O)NC[C@H]4OC(C=O)[C@H](O)[C@@H](O)[C@@H]4O)s3)ccc2c1. The molecule has 1 unspecified atom stereocenters. The molecule has 0 amide bonds. The van der Waals surface area contributed by atoms with Crippen LogP contribution in [0.1, 0.15) is 38.5 Å². The largest absolute Gasteiger partial charge is 0.388 e. The Hall–Kier alpha value is -3.15. The number of carbonyl (C=O) groups excluding carboxylic acids is 1. The topological polar surface area (TPSA) is 160 Å². The molecule has 0 bridgehead atoms. The van der Waals surface area contributed by atoms with Crippen molar-refractivity contribution in [1.29, 1.82) is 5.26 Å².